The first-order valence-electron chi connectivity index (χ1n) is 13.8. The first-order valence-corrected chi connectivity index (χ1v) is 13.8. The maximum atomic E-state index is 14.6. The summed E-state index contributed by atoms with van der Waals surface area (Å²) in [6, 6.07) is 41.8. The van der Waals surface area contributed by atoms with E-state index < -0.39 is 0 Å². The summed E-state index contributed by atoms with van der Waals surface area (Å²) in [5, 5.41) is 6.30. The fourth-order valence-corrected chi connectivity index (χ4v) is 5.98. The third-order valence-electron chi connectivity index (χ3n) is 7.93. The predicted molar refractivity (Wildman–Crippen MR) is 168 cm³/mol. The molecule has 8 aromatic rings. The second-order valence-electron chi connectivity index (χ2n) is 10.5. The molecule has 0 spiro atoms. The lowest BCUT2D eigenvalue weighted by Crippen LogP contribution is -1.97. The molecular formula is C38H22F2N2. The van der Waals surface area contributed by atoms with E-state index in [0.717, 1.165) is 54.5 Å². The third kappa shape index (κ3) is 4.00. The Labute approximate surface area is 240 Å². The zero-order valence-corrected chi connectivity index (χ0v) is 22.4. The second kappa shape index (κ2) is 9.57. The van der Waals surface area contributed by atoms with Crippen LogP contribution in [-0.4, -0.2) is 9.97 Å². The third-order valence-corrected chi connectivity index (χ3v) is 7.93. The second-order valence-corrected chi connectivity index (χ2v) is 10.5. The molecule has 0 aliphatic heterocycles. The summed E-state index contributed by atoms with van der Waals surface area (Å²) < 4.78 is 29.2. The lowest BCUT2D eigenvalue weighted by atomic mass is 9.91. The Balaban J connectivity index is 1.55. The van der Waals surface area contributed by atoms with Crippen LogP contribution in [0.25, 0.3) is 77.0 Å². The Kier molecular flexibility index (Phi) is 5.54. The number of benzene rings is 6. The highest BCUT2D eigenvalue weighted by molar-refractivity contribution is 6.12. The van der Waals surface area contributed by atoms with Crippen LogP contribution in [0.1, 0.15) is 0 Å². The van der Waals surface area contributed by atoms with Gasteiger partial charge in [-0.3, -0.25) is 0 Å². The molecular weight excluding hydrogens is 522 g/mol. The van der Waals surface area contributed by atoms with Crippen LogP contribution in [0.3, 0.4) is 0 Å². The molecule has 0 aliphatic rings. The Morgan fingerprint density at radius 3 is 1.29 bits per heavy atom. The molecule has 2 aromatic heterocycles. The van der Waals surface area contributed by atoms with E-state index in [1.54, 1.807) is 12.1 Å². The number of hydrogen-bond acceptors (Lipinski definition) is 2. The van der Waals surface area contributed by atoms with Gasteiger partial charge in [0.1, 0.15) is 11.6 Å². The van der Waals surface area contributed by atoms with Crippen LogP contribution >= 0.6 is 0 Å². The molecule has 0 N–H and O–H groups in total. The van der Waals surface area contributed by atoms with Crippen LogP contribution in [0.2, 0.25) is 0 Å². The Bertz CT molecular complexity index is 2180. The fraction of sp³-hybridized carbons (Fsp3) is 0. The van der Waals surface area contributed by atoms with Gasteiger partial charge in [0.2, 0.25) is 0 Å². The molecule has 198 valence electrons. The number of hydrogen-bond donors (Lipinski definition) is 0. The van der Waals surface area contributed by atoms with Gasteiger partial charge in [-0.05, 0) is 70.1 Å². The number of halogens is 2. The summed E-state index contributed by atoms with van der Waals surface area (Å²) in [5.74, 6) is -0.682. The summed E-state index contributed by atoms with van der Waals surface area (Å²) in [7, 11) is 0. The van der Waals surface area contributed by atoms with Gasteiger partial charge in [0.25, 0.3) is 0 Å². The maximum Gasteiger partial charge on any atom is 0.123 e. The van der Waals surface area contributed by atoms with Crippen LogP contribution in [0.5, 0.6) is 0 Å². The highest BCUT2D eigenvalue weighted by Crippen LogP contribution is 2.42. The van der Waals surface area contributed by atoms with Crippen molar-refractivity contribution in [3.63, 3.8) is 0 Å². The minimum atomic E-state index is -0.341. The average Bonchev–Trinajstić information content (AvgIpc) is 3.03. The smallest absolute Gasteiger partial charge is 0.123 e. The molecule has 42 heavy (non-hydrogen) atoms. The molecule has 6 aromatic carbocycles. The molecule has 0 unspecified atom stereocenters. The van der Waals surface area contributed by atoms with Crippen LogP contribution in [0.4, 0.5) is 8.78 Å². The van der Waals surface area contributed by atoms with E-state index >= 15 is 0 Å². The molecule has 0 saturated heterocycles. The van der Waals surface area contributed by atoms with Crippen LogP contribution in [0.15, 0.2) is 133 Å². The number of rotatable bonds is 3. The van der Waals surface area contributed by atoms with Gasteiger partial charge >= 0.3 is 0 Å². The van der Waals surface area contributed by atoms with E-state index in [2.05, 4.69) is 48.5 Å². The predicted octanol–water partition coefficient (Wildman–Crippen LogP) is 10.4. The lowest BCUT2D eigenvalue weighted by Gasteiger charge is -2.17. The highest BCUT2D eigenvalue weighted by atomic mass is 19.1. The van der Waals surface area contributed by atoms with Gasteiger partial charge in [-0.2, -0.15) is 0 Å². The van der Waals surface area contributed by atoms with Crippen molar-refractivity contribution in [3.05, 3.63) is 145 Å². The number of fused-ring (bicyclic) bond motifs is 6. The van der Waals surface area contributed by atoms with Gasteiger partial charge in [0, 0.05) is 33.0 Å². The van der Waals surface area contributed by atoms with Gasteiger partial charge in [-0.25, -0.2) is 18.7 Å². The highest BCUT2D eigenvalue weighted by Gasteiger charge is 2.20. The summed E-state index contributed by atoms with van der Waals surface area (Å²) in [5.41, 5.74) is 5.79. The normalized spacial score (nSPS) is 11.6. The van der Waals surface area contributed by atoms with Crippen molar-refractivity contribution in [3.8, 4) is 33.6 Å². The van der Waals surface area contributed by atoms with Gasteiger partial charge in [0.05, 0.1) is 22.4 Å². The minimum Gasteiger partial charge on any atom is -0.247 e. The monoisotopic (exact) mass is 544 g/mol. The van der Waals surface area contributed by atoms with Crippen molar-refractivity contribution in [1.29, 1.82) is 0 Å². The number of pyridine rings is 2. The van der Waals surface area contributed by atoms with Crippen LogP contribution in [0, 0.1) is 11.6 Å². The van der Waals surface area contributed by atoms with Crippen molar-refractivity contribution in [2.45, 2.75) is 0 Å². The van der Waals surface area contributed by atoms with Crippen molar-refractivity contribution < 1.29 is 8.78 Å². The standard InChI is InChI=1S/C38H22F2N2/c39-27-11-5-9-25(19-27)37-33(21-31-29-13-3-1-7-23(29)15-17-35(31)41-37)34-22-32-30-14-4-2-8-24(30)16-18-36(32)42-38(34)26-10-6-12-28(40)20-26/h1-22H. The quantitative estimate of drug-likeness (QED) is 0.207. The molecule has 4 heteroatoms. The summed E-state index contributed by atoms with van der Waals surface area (Å²) in [6.07, 6.45) is 0. The summed E-state index contributed by atoms with van der Waals surface area (Å²) >= 11 is 0. The maximum absolute atomic E-state index is 14.6. The average molecular weight is 545 g/mol. The van der Waals surface area contributed by atoms with E-state index in [-0.39, 0.29) is 11.6 Å². The largest absolute Gasteiger partial charge is 0.247 e. The summed E-state index contributed by atoms with van der Waals surface area (Å²) in [4.78, 5) is 10.3. The topological polar surface area (TPSA) is 25.8 Å². The van der Waals surface area contributed by atoms with Crippen LogP contribution < -0.4 is 0 Å². The number of aromatic nitrogens is 2. The molecule has 0 aliphatic carbocycles. The number of nitrogens with zero attached hydrogens (tertiary/aromatic N) is 2. The van der Waals surface area contributed by atoms with Gasteiger partial charge in [-0.1, -0.05) is 84.9 Å². The van der Waals surface area contributed by atoms with Gasteiger partial charge in [0.15, 0.2) is 0 Å². The molecule has 8 rings (SSSR count). The molecule has 0 atom stereocenters. The van der Waals surface area contributed by atoms with E-state index in [9.17, 15) is 8.78 Å². The van der Waals surface area contributed by atoms with Crippen molar-refractivity contribution >= 4 is 43.4 Å². The SMILES string of the molecule is Fc1cccc(-c2nc3ccc4ccccc4c3cc2-c2cc3c(ccc4ccccc43)nc2-c2cccc(F)c2)c1. The fourth-order valence-electron chi connectivity index (χ4n) is 5.98. The lowest BCUT2D eigenvalue weighted by molar-refractivity contribution is 0.628. The van der Waals surface area contributed by atoms with Gasteiger partial charge < -0.3 is 0 Å². The van der Waals surface area contributed by atoms with E-state index in [0.29, 0.717) is 22.5 Å². The first-order chi connectivity index (χ1) is 20.6. The molecule has 0 radical (unpaired) electrons. The molecule has 2 heterocycles. The summed E-state index contributed by atoms with van der Waals surface area (Å²) in [6.45, 7) is 0. The van der Waals surface area contributed by atoms with Crippen molar-refractivity contribution in [1.82, 2.24) is 9.97 Å². The van der Waals surface area contributed by atoms with Crippen LogP contribution in [-0.2, 0) is 0 Å². The molecule has 2 nitrogen and oxygen atoms in total. The Morgan fingerprint density at radius 1 is 0.381 bits per heavy atom. The Morgan fingerprint density at radius 2 is 0.833 bits per heavy atom. The molecule has 0 amide bonds. The molecule has 0 bridgehead atoms. The van der Waals surface area contributed by atoms with Crippen molar-refractivity contribution in [2.24, 2.45) is 0 Å². The van der Waals surface area contributed by atoms with Crippen molar-refractivity contribution in [2.75, 3.05) is 0 Å². The van der Waals surface area contributed by atoms with Gasteiger partial charge in [-0.15, -0.1) is 0 Å². The molecule has 0 fully saturated rings. The van der Waals surface area contributed by atoms with E-state index in [4.69, 9.17) is 9.97 Å². The zero-order chi connectivity index (χ0) is 28.2. The Hall–Kier alpha value is -5.48. The van der Waals surface area contributed by atoms with E-state index in [1.165, 1.54) is 24.3 Å². The minimum absolute atomic E-state index is 0.341. The molecule has 0 saturated carbocycles. The first kappa shape index (κ1) is 24.3. The van der Waals surface area contributed by atoms with E-state index in [1.807, 2.05) is 48.5 Å². The zero-order valence-electron chi connectivity index (χ0n) is 22.4.